The van der Waals surface area contributed by atoms with Crippen molar-refractivity contribution in [3.8, 4) is 0 Å². The zero-order valence-electron chi connectivity index (χ0n) is 25.1. The summed E-state index contributed by atoms with van der Waals surface area (Å²) in [6.45, 7) is 5.80. The molecular weight excluding hydrogens is 552 g/mol. The summed E-state index contributed by atoms with van der Waals surface area (Å²) < 4.78 is 0. The van der Waals surface area contributed by atoms with Crippen molar-refractivity contribution < 1.29 is 14.4 Å². The van der Waals surface area contributed by atoms with Crippen molar-refractivity contribution in [2.24, 2.45) is 21.4 Å². The Morgan fingerprint density at radius 1 is 0.886 bits per heavy atom. The minimum absolute atomic E-state index is 0.0477. The van der Waals surface area contributed by atoms with Gasteiger partial charge in [0.05, 0.1) is 17.4 Å². The summed E-state index contributed by atoms with van der Waals surface area (Å²) in [5, 5.41) is 16.2. The predicted octanol–water partition coefficient (Wildman–Crippen LogP) is 5.73. The smallest absolute Gasteiger partial charge is 0.264 e. The molecule has 0 unspecified atom stereocenters. The third-order valence-electron chi connectivity index (χ3n) is 9.01. The molecule has 4 atom stereocenters. The Kier molecular flexibility index (Phi) is 6.95. The molecule has 1 saturated heterocycles. The number of carbonyl (C=O) groups is 3. The summed E-state index contributed by atoms with van der Waals surface area (Å²) in [4.78, 5) is 42.1. The summed E-state index contributed by atoms with van der Waals surface area (Å²) in [7, 11) is 0. The van der Waals surface area contributed by atoms with Gasteiger partial charge in [-0.05, 0) is 80.5 Å². The Morgan fingerprint density at radius 3 is 2.34 bits per heavy atom. The van der Waals surface area contributed by atoms with Crippen LogP contribution >= 0.6 is 0 Å². The number of benzene rings is 3. The summed E-state index contributed by atoms with van der Waals surface area (Å²) >= 11 is 0. The third kappa shape index (κ3) is 4.82. The van der Waals surface area contributed by atoms with Crippen molar-refractivity contribution in [3.63, 3.8) is 0 Å². The van der Waals surface area contributed by atoms with Crippen LogP contribution in [0.5, 0.6) is 0 Å². The number of amides is 3. The first kappa shape index (κ1) is 27.9. The Labute approximate surface area is 256 Å². The maximum atomic E-state index is 14.1. The van der Waals surface area contributed by atoms with Gasteiger partial charge < -0.3 is 0 Å². The fourth-order valence-corrected chi connectivity index (χ4v) is 6.75. The average Bonchev–Trinajstić information content (AvgIpc) is 3.68. The molecule has 4 aliphatic rings. The first-order chi connectivity index (χ1) is 21.3. The van der Waals surface area contributed by atoms with Crippen LogP contribution in [0.2, 0.25) is 0 Å². The van der Waals surface area contributed by atoms with Gasteiger partial charge in [-0.25, -0.2) is 9.91 Å². The van der Waals surface area contributed by atoms with Gasteiger partial charge in [0.15, 0.2) is 12.1 Å². The van der Waals surface area contributed by atoms with E-state index >= 15 is 0 Å². The number of anilines is 1. The second kappa shape index (κ2) is 11.0. The molecule has 1 saturated carbocycles. The molecule has 0 N–H and O–H groups in total. The molecule has 2 fully saturated rings. The van der Waals surface area contributed by atoms with E-state index in [0.717, 1.165) is 52.8 Å². The molecule has 9 nitrogen and oxygen atoms in total. The van der Waals surface area contributed by atoms with E-state index in [-0.39, 0.29) is 24.4 Å². The highest BCUT2D eigenvalue weighted by molar-refractivity contribution is 6.25. The molecule has 222 valence electrons. The first-order valence-corrected chi connectivity index (χ1v) is 15.1. The quantitative estimate of drug-likeness (QED) is 0.357. The number of aryl methyl sites for hydroxylation is 3. The summed E-state index contributed by atoms with van der Waals surface area (Å²) in [5.41, 5.74) is 7.98. The summed E-state index contributed by atoms with van der Waals surface area (Å²) in [6, 6.07) is 21.7. The monoisotopic (exact) mass is 586 g/mol. The van der Waals surface area contributed by atoms with E-state index in [1.807, 2.05) is 19.9 Å². The number of hydrazone groups is 1. The van der Waals surface area contributed by atoms with Gasteiger partial charge >= 0.3 is 0 Å². The van der Waals surface area contributed by atoms with Crippen molar-refractivity contribution in [2.75, 3.05) is 11.4 Å². The van der Waals surface area contributed by atoms with Crippen LogP contribution in [0, 0.1) is 26.7 Å². The normalized spacial score (nSPS) is 25.1. The van der Waals surface area contributed by atoms with Crippen LogP contribution in [-0.2, 0) is 14.4 Å². The SMILES string of the molecule is Cc1ccc(/C=C2\CCC[C@@H]3C2=NN(C(=O)CN2N=N[C@@H]4C(=O)N(c5cccc(C)c5)C(=O)[C@H]42)[C@@H]3c2ccc(C)cc2)cc1. The lowest BCUT2D eigenvalue weighted by atomic mass is 9.77. The lowest BCUT2D eigenvalue weighted by Crippen LogP contribution is -2.45. The number of nitrogens with zero attached hydrogens (tertiary/aromatic N) is 6. The summed E-state index contributed by atoms with van der Waals surface area (Å²) in [6.07, 6.45) is 4.99. The van der Waals surface area contributed by atoms with Crippen molar-refractivity contribution >= 4 is 35.2 Å². The van der Waals surface area contributed by atoms with E-state index in [0.29, 0.717) is 5.69 Å². The molecule has 3 amide bonds. The fraction of sp³-hybridized carbons (Fsp3) is 0.314. The Morgan fingerprint density at radius 2 is 1.61 bits per heavy atom. The van der Waals surface area contributed by atoms with E-state index in [1.54, 1.807) is 23.2 Å². The van der Waals surface area contributed by atoms with Crippen LogP contribution < -0.4 is 4.90 Å². The highest BCUT2D eigenvalue weighted by Crippen LogP contribution is 2.45. The van der Waals surface area contributed by atoms with Gasteiger partial charge in [0, 0.05) is 5.92 Å². The van der Waals surface area contributed by atoms with E-state index in [1.165, 1.54) is 15.5 Å². The third-order valence-corrected chi connectivity index (χ3v) is 9.01. The maximum Gasteiger partial charge on any atom is 0.264 e. The molecule has 0 radical (unpaired) electrons. The van der Waals surface area contributed by atoms with Crippen LogP contribution in [0.15, 0.2) is 93.8 Å². The van der Waals surface area contributed by atoms with Gasteiger partial charge in [0.25, 0.3) is 17.7 Å². The standard InChI is InChI=1S/C35H34N6O3/c1-21-10-14-24(15-11-21)19-26-7-5-9-28-30(26)37-41(32(28)25-16-12-22(2)13-17-25)29(42)20-39-33-31(36-38-39)34(43)40(35(33)44)27-8-4-6-23(3)18-27/h4,6,8,10-19,28,31-33H,5,7,9,20H2,1-3H3/b26-19+/t28-,31+,32-,33+/m1/s1. The summed E-state index contributed by atoms with van der Waals surface area (Å²) in [5.74, 6) is -1.10. The highest BCUT2D eigenvalue weighted by atomic mass is 16.2. The Hall–Kier alpha value is -4.92. The second-order valence-electron chi connectivity index (χ2n) is 12.2. The molecule has 0 spiro atoms. The number of carbonyl (C=O) groups excluding carboxylic acids is 3. The fourth-order valence-electron chi connectivity index (χ4n) is 6.75. The maximum absolute atomic E-state index is 14.1. The number of imide groups is 1. The lowest BCUT2D eigenvalue weighted by Gasteiger charge is -2.30. The highest BCUT2D eigenvalue weighted by Gasteiger charge is 2.55. The molecule has 1 aliphatic carbocycles. The van der Waals surface area contributed by atoms with Gasteiger partial charge in [-0.3, -0.25) is 19.4 Å². The molecule has 0 bridgehead atoms. The van der Waals surface area contributed by atoms with Crippen LogP contribution in [-0.4, -0.2) is 52.1 Å². The van der Waals surface area contributed by atoms with Crippen molar-refractivity contribution in [1.29, 1.82) is 0 Å². The van der Waals surface area contributed by atoms with Gasteiger partial charge in [0.1, 0.15) is 6.54 Å². The van der Waals surface area contributed by atoms with Crippen LogP contribution in [0.4, 0.5) is 5.69 Å². The van der Waals surface area contributed by atoms with Gasteiger partial charge in [-0.2, -0.15) is 10.2 Å². The Balaban J connectivity index is 1.19. The molecule has 3 aliphatic heterocycles. The largest absolute Gasteiger partial charge is 0.271 e. The molecule has 44 heavy (non-hydrogen) atoms. The van der Waals surface area contributed by atoms with Gasteiger partial charge in [0.2, 0.25) is 0 Å². The number of allylic oxidation sites excluding steroid dienone is 1. The number of fused-ring (bicyclic) bond motifs is 2. The van der Waals surface area contributed by atoms with Crippen molar-refractivity contribution in [2.45, 2.75) is 58.2 Å². The number of rotatable bonds is 5. The first-order valence-electron chi connectivity index (χ1n) is 15.1. The molecule has 0 aromatic heterocycles. The van der Waals surface area contributed by atoms with Crippen molar-refractivity contribution in [1.82, 2.24) is 10.0 Å². The van der Waals surface area contributed by atoms with Crippen LogP contribution in [0.3, 0.4) is 0 Å². The molecule has 3 aromatic rings. The van der Waals surface area contributed by atoms with Gasteiger partial charge in [-0.1, -0.05) is 77.0 Å². The molecule has 7 rings (SSSR count). The zero-order chi connectivity index (χ0) is 30.5. The molecule has 9 heteroatoms. The Bertz CT molecular complexity index is 1740. The topological polar surface area (TPSA) is 98.0 Å². The van der Waals surface area contributed by atoms with Crippen LogP contribution in [0.25, 0.3) is 6.08 Å². The van der Waals surface area contributed by atoms with E-state index in [2.05, 4.69) is 71.9 Å². The number of hydrogen-bond acceptors (Lipinski definition) is 7. The van der Waals surface area contributed by atoms with E-state index < -0.39 is 23.9 Å². The molecular formula is C35H34N6O3. The van der Waals surface area contributed by atoms with E-state index in [9.17, 15) is 14.4 Å². The van der Waals surface area contributed by atoms with Gasteiger partial charge in [-0.15, -0.1) is 0 Å². The second-order valence-corrected chi connectivity index (χ2v) is 12.2. The lowest BCUT2D eigenvalue weighted by molar-refractivity contribution is -0.136. The molecule has 3 aromatic carbocycles. The predicted molar refractivity (Wildman–Crippen MR) is 168 cm³/mol. The van der Waals surface area contributed by atoms with Crippen LogP contribution in [0.1, 0.15) is 53.1 Å². The zero-order valence-corrected chi connectivity index (χ0v) is 25.1. The van der Waals surface area contributed by atoms with E-state index in [4.69, 9.17) is 5.10 Å². The van der Waals surface area contributed by atoms with Crippen molar-refractivity contribution in [3.05, 3.63) is 106 Å². The number of hydrogen-bond donors (Lipinski definition) is 0. The molecule has 3 heterocycles. The minimum atomic E-state index is -0.972. The minimum Gasteiger partial charge on any atom is -0.271 e. The average molecular weight is 587 g/mol.